The fourth-order valence-electron chi connectivity index (χ4n) is 2.39. The van der Waals surface area contributed by atoms with Gasteiger partial charge in [-0.05, 0) is 30.0 Å². The van der Waals surface area contributed by atoms with Gasteiger partial charge in [0.1, 0.15) is 11.9 Å². The van der Waals surface area contributed by atoms with E-state index in [0.717, 1.165) is 5.56 Å². The number of carbonyl (C=O) groups is 2. The van der Waals surface area contributed by atoms with Crippen LogP contribution < -0.4 is 10.2 Å². The molecule has 20 heavy (non-hydrogen) atoms. The summed E-state index contributed by atoms with van der Waals surface area (Å²) in [5.74, 6) is -0.728. The number of hydrogen-bond donors (Lipinski definition) is 1. The average Bonchev–Trinajstić information content (AvgIpc) is 2.37. The molecule has 1 saturated heterocycles. The molecule has 1 fully saturated rings. The third-order valence-electron chi connectivity index (χ3n) is 3.70. The minimum atomic E-state index is -0.507. The molecule has 2 amide bonds. The van der Waals surface area contributed by atoms with E-state index in [-0.39, 0.29) is 30.0 Å². The third-order valence-corrected chi connectivity index (χ3v) is 3.70. The molecule has 4 nitrogen and oxygen atoms in total. The molecule has 1 aliphatic heterocycles. The lowest BCUT2D eigenvalue weighted by Crippen LogP contribution is -2.51. The number of benzene rings is 1. The van der Waals surface area contributed by atoms with Crippen molar-refractivity contribution in [3.05, 3.63) is 29.6 Å². The van der Waals surface area contributed by atoms with Gasteiger partial charge in [0.15, 0.2) is 0 Å². The van der Waals surface area contributed by atoms with Crippen molar-refractivity contribution in [2.45, 2.75) is 38.6 Å². The molecule has 0 radical (unpaired) electrons. The van der Waals surface area contributed by atoms with Crippen LogP contribution >= 0.6 is 0 Å². The molecule has 5 heteroatoms. The van der Waals surface area contributed by atoms with E-state index >= 15 is 0 Å². The average molecular weight is 278 g/mol. The van der Waals surface area contributed by atoms with Gasteiger partial charge in [-0.25, -0.2) is 4.39 Å². The van der Waals surface area contributed by atoms with Crippen molar-refractivity contribution in [3.8, 4) is 0 Å². The summed E-state index contributed by atoms with van der Waals surface area (Å²) in [6.07, 6.45) is 0.693. The molecule has 0 saturated carbocycles. The molecule has 0 aliphatic carbocycles. The van der Waals surface area contributed by atoms with Crippen molar-refractivity contribution in [1.82, 2.24) is 5.32 Å². The van der Waals surface area contributed by atoms with Gasteiger partial charge >= 0.3 is 0 Å². The summed E-state index contributed by atoms with van der Waals surface area (Å²) in [6, 6.07) is 4.55. The number of nitrogens with one attached hydrogen (secondary N) is 1. The SMILES string of the molecule is CC(C)c1ccc(N(C)C2CCC(=O)NC2=O)c(F)c1. The molecule has 0 bridgehead atoms. The van der Waals surface area contributed by atoms with E-state index in [1.165, 1.54) is 6.07 Å². The normalized spacial score (nSPS) is 19.1. The van der Waals surface area contributed by atoms with Gasteiger partial charge in [0.25, 0.3) is 0 Å². The van der Waals surface area contributed by atoms with E-state index in [2.05, 4.69) is 5.32 Å². The number of amides is 2. The summed E-state index contributed by atoms with van der Waals surface area (Å²) >= 11 is 0. The molecule has 0 aromatic heterocycles. The Morgan fingerprint density at radius 3 is 2.60 bits per heavy atom. The first-order valence-electron chi connectivity index (χ1n) is 6.76. The molecular weight excluding hydrogens is 259 g/mol. The van der Waals surface area contributed by atoms with Crippen LogP contribution in [-0.4, -0.2) is 24.9 Å². The zero-order chi connectivity index (χ0) is 14.9. The lowest BCUT2D eigenvalue weighted by Gasteiger charge is -2.31. The minimum Gasteiger partial charge on any atom is -0.360 e. The Kier molecular flexibility index (Phi) is 4.06. The Morgan fingerprint density at radius 2 is 2.05 bits per heavy atom. The lowest BCUT2D eigenvalue weighted by atomic mass is 10.0. The van der Waals surface area contributed by atoms with Gasteiger partial charge in [-0.1, -0.05) is 19.9 Å². The van der Waals surface area contributed by atoms with Crippen LogP contribution in [0, 0.1) is 5.82 Å². The van der Waals surface area contributed by atoms with E-state index in [4.69, 9.17) is 0 Å². The second-order valence-corrected chi connectivity index (χ2v) is 5.44. The van der Waals surface area contributed by atoms with Crippen LogP contribution in [-0.2, 0) is 9.59 Å². The third kappa shape index (κ3) is 2.81. The van der Waals surface area contributed by atoms with E-state index in [1.807, 2.05) is 19.9 Å². The number of carbonyl (C=O) groups excluding carboxylic acids is 2. The topological polar surface area (TPSA) is 49.4 Å². The molecule has 1 atom stereocenters. The minimum absolute atomic E-state index is 0.249. The van der Waals surface area contributed by atoms with Gasteiger partial charge in [0, 0.05) is 13.5 Å². The largest absolute Gasteiger partial charge is 0.360 e. The second-order valence-electron chi connectivity index (χ2n) is 5.44. The molecule has 1 heterocycles. The van der Waals surface area contributed by atoms with Crippen molar-refractivity contribution in [1.29, 1.82) is 0 Å². The van der Waals surface area contributed by atoms with Gasteiger partial charge in [-0.3, -0.25) is 14.9 Å². The Labute approximate surface area is 118 Å². The summed E-state index contributed by atoms with van der Waals surface area (Å²) in [4.78, 5) is 24.5. The number of imide groups is 1. The first-order chi connectivity index (χ1) is 9.40. The highest BCUT2D eigenvalue weighted by atomic mass is 19.1. The zero-order valence-corrected chi connectivity index (χ0v) is 11.9. The summed E-state index contributed by atoms with van der Waals surface area (Å²) in [6.45, 7) is 4.00. The van der Waals surface area contributed by atoms with Crippen LogP contribution in [0.2, 0.25) is 0 Å². The molecule has 108 valence electrons. The van der Waals surface area contributed by atoms with Crippen LogP contribution in [0.1, 0.15) is 38.2 Å². The Hall–Kier alpha value is -1.91. The zero-order valence-electron chi connectivity index (χ0n) is 11.9. The number of piperidine rings is 1. The van der Waals surface area contributed by atoms with Gasteiger partial charge in [0.05, 0.1) is 5.69 Å². The predicted molar refractivity (Wildman–Crippen MR) is 75.1 cm³/mol. The Bertz CT molecular complexity index is 543. The molecule has 2 rings (SSSR count). The fraction of sp³-hybridized carbons (Fsp3) is 0.467. The summed E-state index contributed by atoms with van der Waals surface area (Å²) < 4.78 is 14.2. The highest BCUT2D eigenvalue weighted by Gasteiger charge is 2.30. The maximum atomic E-state index is 14.2. The number of nitrogens with zero attached hydrogens (tertiary/aromatic N) is 1. The van der Waals surface area contributed by atoms with Crippen molar-refractivity contribution in [3.63, 3.8) is 0 Å². The van der Waals surface area contributed by atoms with Gasteiger partial charge < -0.3 is 4.90 Å². The molecule has 1 N–H and O–H groups in total. The number of hydrogen-bond acceptors (Lipinski definition) is 3. The smallest absolute Gasteiger partial charge is 0.249 e. The molecule has 1 unspecified atom stereocenters. The summed E-state index contributed by atoms with van der Waals surface area (Å²) in [5.41, 5.74) is 1.30. The lowest BCUT2D eigenvalue weighted by molar-refractivity contribution is -0.134. The highest BCUT2D eigenvalue weighted by molar-refractivity contribution is 6.01. The van der Waals surface area contributed by atoms with E-state index in [1.54, 1.807) is 18.0 Å². The first-order valence-corrected chi connectivity index (χ1v) is 6.76. The van der Waals surface area contributed by atoms with Crippen LogP contribution in [0.3, 0.4) is 0 Å². The van der Waals surface area contributed by atoms with Gasteiger partial charge in [-0.2, -0.15) is 0 Å². The summed E-state index contributed by atoms with van der Waals surface area (Å²) in [7, 11) is 1.67. The number of halogens is 1. The fourth-order valence-corrected chi connectivity index (χ4v) is 2.39. The standard InChI is InChI=1S/C15H19FN2O2/c1-9(2)10-4-5-12(11(16)8-10)18(3)13-6-7-14(19)17-15(13)20/h4-5,8-9,13H,6-7H2,1-3H3,(H,17,19,20). The van der Waals surface area contributed by atoms with Gasteiger partial charge in [-0.15, -0.1) is 0 Å². The Balaban J connectivity index is 2.23. The molecule has 1 aromatic rings. The van der Waals surface area contributed by atoms with Crippen molar-refractivity contribution in [2.24, 2.45) is 0 Å². The van der Waals surface area contributed by atoms with E-state index in [9.17, 15) is 14.0 Å². The molecule has 0 spiro atoms. The molecule has 1 aliphatic rings. The Morgan fingerprint density at radius 1 is 1.35 bits per heavy atom. The van der Waals surface area contributed by atoms with Crippen LogP contribution in [0.15, 0.2) is 18.2 Å². The number of rotatable bonds is 3. The quantitative estimate of drug-likeness (QED) is 0.862. The maximum absolute atomic E-state index is 14.2. The molecular formula is C15H19FN2O2. The van der Waals surface area contributed by atoms with Crippen LogP contribution in [0.25, 0.3) is 0 Å². The second kappa shape index (κ2) is 5.61. The predicted octanol–water partition coefficient (Wildman–Crippen LogP) is 2.19. The highest BCUT2D eigenvalue weighted by Crippen LogP contribution is 2.26. The number of anilines is 1. The van der Waals surface area contributed by atoms with E-state index < -0.39 is 6.04 Å². The van der Waals surface area contributed by atoms with Gasteiger partial charge in [0.2, 0.25) is 11.8 Å². The summed E-state index contributed by atoms with van der Waals surface area (Å²) in [5, 5.41) is 2.29. The van der Waals surface area contributed by atoms with E-state index in [0.29, 0.717) is 12.1 Å². The molecule has 1 aromatic carbocycles. The number of likely N-dealkylation sites (N-methyl/N-ethyl adjacent to an activating group) is 1. The first kappa shape index (κ1) is 14.5. The van der Waals surface area contributed by atoms with Crippen LogP contribution in [0.4, 0.5) is 10.1 Å². The van der Waals surface area contributed by atoms with Crippen molar-refractivity contribution < 1.29 is 14.0 Å². The van der Waals surface area contributed by atoms with Crippen molar-refractivity contribution in [2.75, 3.05) is 11.9 Å². The maximum Gasteiger partial charge on any atom is 0.249 e. The van der Waals surface area contributed by atoms with Crippen LogP contribution in [0.5, 0.6) is 0 Å². The monoisotopic (exact) mass is 278 g/mol. The van der Waals surface area contributed by atoms with Crippen molar-refractivity contribution >= 4 is 17.5 Å².